The molecule has 0 unspecified atom stereocenters. The Morgan fingerprint density at radius 3 is 2.41 bits per heavy atom. The van der Waals surface area contributed by atoms with Gasteiger partial charge >= 0.3 is 0 Å². The van der Waals surface area contributed by atoms with Crippen LogP contribution in [0.3, 0.4) is 0 Å². The van der Waals surface area contributed by atoms with E-state index in [9.17, 15) is 9.59 Å². The van der Waals surface area contributed by atoms with Crippen LogP contribution >= 0.6 is 0 Å². The number of rotatable bonds is 8. The molecule has 2 rings (SSSR count). The van der Waals surface area contributed by atoms with Crippen LogP contribution in [0, 0.1) is 0 Å². The summed E-state index contributed by atoms with van der Waals surface area (Å²) < 4.78 is 5.14. The van der Waals surface area contributed by atoms with E-state index in [1.807, 2.05) is 49.4 Å². The van der Waals surface area contributed by atoms with Crippen LogP contribution in [0.4, 0.5) is 5.69 Å². The summed E-state index contributed by atoms with van der Waals surface area (Å²) in [6.07, 6.45) is 0. The van der Waals surface area contributed by atoms with Gasteiger partial charge in [-0.15, -0.1) is 0 Å². The highest BCUT2D eigenvalue weighted by atomic mass is 16.5. The monoisotopic (exact) mass is 369 g/mol. The first-order chi connectivity index (χ1) is 12.9. The smallest absolute Gasteiger partial charge is 0.238 e. The van der Waals surface area contributed by atoms with E-state index in [1.54, 1.807) is 43.1 Å². The van der Waals surface area contributed by atoms with E-state index < -0.39 is 0 Å². The third-order valence-corrected chi connectivity index (χ3v) is 4.43. The van der Waals surface area contributed by atoms with E-state index in [0.29, 0.717) is 11.4 Å². The molecule has 1 N–H and O–H groups in total. The maximum Gasteiger partial charge on any atom is 0.238 e. The number of nitrogens with zero attached hydrogens (tertiary/aromatic N) is 2. The zero-order valence-corrected chi connectivity index (χ0v) is 16.3. The van der Waals surface area contributed by atoms with E-state index >= 15 is 0 Å². The third-order valence-electron chi connectivity index (χ3n) is 4.43. The third kappa shape index (κ3) is 6.11. The van der Waals surface area contributed by atoms with Crippen molar-refractivity contribution in [3.05, 3.63) is 60.2 Å². The lowest BCUT2D eigenvalue weighted by Gasteiger charge is -2.27. The van der Waals surface area contributed by atoms with Crippen LogP contribution in [0.15, 0.2) is 54.6 Å². The summed E-state index contributed by atoms with van der Waals surface area (Å²) in [6.45, 7) is 2.28. The molecule has 0 aromatic heterocycles. The number of carbonyl (C=O) groups excluding carboxylic acids is 2. The molecule has 0 bridgehead atoms. The zero-order valence-electron chi connectivity index (χ0n) is 16.3. The van der Waals surface area contributed by atoms with E-state index in [2.05, 4.69) is 5.32 Å². The summed E-state index contributed by atoms with van der Waals surface area (Å²) in [5.41, 5.74) is 1.74. The van der Waals surface area contributed by atoms with Crippen LogP contribution < -0.4 is 10.1 Å². The molecule has 0 aliphatic carbocycles. The number of likely N-dealkylation sites (N-methyl/N-ethyl adjacent to an activating group) is 2. The molecule has 2 aromatic carbocycles. The molecule has 2 aromatic rings. The van der Waals surface area contributed by atoms with E-state index in [-0.39, 0.29) is 30.9 Å². The molecule has 0 saturated heterocycles. The van der Waals surface area contributed by atoms with E-state index in [4.69, 9.17) is 4.74 Å². The zero-order chi connectivity index (χ0) is 19.8. The Hall–Kier alpha value is -2.86. The predicted octanol–water partition coefficient (Wildman–Crippen LogP) is 2.79. The van der Waals surface area contributed by atoms with Crippen LogP contribution in [0.2, 0.25) is 0 Å². The average Bonchev–Trinajstić information content (AvgIpc) is 2.67. The van der Waals surface area contributed by atoms with Gasteiger partial charge < -0.3 is 15.0 Å². The Bertz CT molecular complexity index is 764. The maximum atomic E-state index is 12.5. The Kier molecular flexibility index (Phi) is 7.37. The molecule has 0 aliphatic heterocycles. The molecular formula is C21H27N3O3. The van der Waals surface area contributed by atoms with Crippen LogP contribution in [0.1, 0.15) is 18.5 Å². The van der Waals surface area contributed by atoms with Gasteiger partial charge in [0.05, 0.1) is 26.2 Å². The summed E-state index contributed by atoms with van der Waals surface area (Å²) >= 11 is 0. The molecule has 1 atom stereocenters. The molecule has 0 saturated carbocycles. The van der Waals surface area contributed by atoms with Crippen molar-refractivity contribution in [3.8, 4) is 5.75 Å². The molecule has 6 heteroatoms. The maximum absolute atomic E-state index is 12.5. The van der Waals surface area contributed by atoms with E-state index in [1.165, 1.54) is 0 Å². The highest BCUT2D eigenvalue weighted by Crippen LogP contribution is 2.18. The average molecular weight is 369 g/mol. The number of ether oxygens (including phenoxy) is 1. The predicted molar refractivity (Wildman–Crippen MR) is 107 cm³/mol. The molecule has 0 spiro atoms. The number of methoxy groups -OCH3 is 1. The first kappa shape index (κ1) is 20.5. The summed E-state index contributed by atoms with van der Waals surface area (Å²) in [5.74, 6) is 0.452. The summed E-state index contributed by atoms with van der Waals surface area (Å²) in [5, 5.41) is 2.81. The minimum absolute atomic E-state index is 0.0299. The lowest BCUT2D eigenvalue weighted by atomic mass is 10.1. The van der Waals surface area contributed by atoms with Gasteiger partial charge in [-0.3, -0.25) is 14.5 Å². The fraction of sp³-hybridized carbons (Fsp3) is 0.333. The number of anilines is 1. The lowest BCUT2D eigenvalue weighted by molar-refractivity contribution is -0.133. The van der Waals surface area contributed by atoms with Crippen LogP contribution in [-0.4, -0.2) is 55.9 Å². The second-order valence-corrected chi connectivity index (χ2v) is 6.54. The van der Waals surface area contributed by atoms with Crippen LogP contribution in [0.5, 0.6) is 5.75 Å². The Morgan fingerprint density at radius 2 is 1.74 bits per heavy atom. The first-order valence-electron chi connectivity index (χ1n) is 8.83. The van der Waals surface area contributed by atoms with Gasteiger partial charge in [0.25, 0.3) is 0 Å². The fourth-order valence-electron chi connectivity index (χ4n) is 2.72. The number of benzene rings is 2. The summed E-state index contributed by atoms with van der Waals surface area (Å²) in [4.78, 5) is 28.1. The molecule has 6 nitrogen and oxygen atoms in total. The van der Waals surface area contributed by atoms with E-state index in [0.717, 1.165) is 5.56 Å². The van der Waals surface area contributed by atoms with Crippen molar-refractivity contribution in [2.45, 2.75) is 13.0 Å². The molecule has 0 heterocycles. The Balaban J connectivity index is 1.85. The highest BCUT2D eigenvalue weighted by Gasteiger charge is 2.19. The number of hydrogen-bond acceptors (Lipinski definition) is 4. The standard InChI is InChI=1S/C21H27N3O3/c1-16(17-9-6-5-7-10-17)24(3)21(26)15-23(2)14-20(25)22-18-11-8-12-19(13-18)27-4/h5-13,16H,14-15H2,1-4H3,(H,22,25)/t16-/m1/s1. The molecular weight excluding hydrogens is 342 g/mol. The van der Waals surface area contributed by atoms with Gasteiger partial charge in [-0.05, 0) is 31.7 Å². The lowest BCUT2D eigenvalue weighted by Crippen LogP contribution is -2.40. The second kappa shape index (κ2) is 9.73. The van der Waals surface area contributed by atoms with Crippen LogP contribution in [0.25, 0.3) is 0 Å². The minimum Gasteiger partial charge on any atom is -0.497 e. The van der Waals surface area contributed by atoms with Crippen molar-refractivity contribution in [2.24, 2.45) is 0 Å². The number of nitrogens with one attached hydrogen (secondary N) is 1. The SMILES string of the molecule is COc1cccc(NC(=O)CN(C)CC(=O)N(C)[C@H](C)c2ccccc2)c1. The molecule has 0 aliphatic rings. The van der Waals surface area contributed by atoms with Crippen molar-refractivity contribution in [1.29, 1.82) is 0 Å². The normalized spacial score (nSPS) is 11.7. The first-order valence-corrected chi connectivity index (χ1v) is 8.83. The van der Waals surface area contributed by atoms with Gasteiger partial charge in [0, 0.05) is 18.8 Å². The van der Waals surface area contributed by atoms with Crippen molar-refractivity contribution in [3.63, 3.8) is 0 Å². The Labute approximate surface area is 160 Å². The molecule has 0 radical (unpaired) electrons. The van der Waals surface area contributed by atoms with Gasteiger partial charge in [-0.25, -0.2) is 0 Å². The van der Waals surface area contributed by atoms with Crippen molar-refractivity contribution < 1.29 is 14.3 Å². The highest BCUT2D eigenvalue weighted by molar-refractivity contribution is 5.92. The minimum atomic E-state index is -0.183. The summed E-state index contributed by atoms with van der Waals surface area (Å²) in [6, 6.07) is 17.0. The number of hydrogen-bond donors (Lipinski definition) is 1. The quantitative estimate of drug-likeness (QED) is 0.777. The van der Waals surface area contributed by atoms with Gasteiger partial charge in [0.15, 0.2) is 0 Å². The van der Waals surface area contributed by atoms with Crippen molar-refractivity contribution in [1.82, 2.24) is 9.80 Å². The van der Waals surface area contributed by atoms with Crippen LogP contribution in [-0.2, 0) is 9.59 Å². The van der Waals surface area contributed by atoms with Gasteiger partial charge in [-0.1, -0.05) is 36.4 Å². The van der Waals surface area contributed by atoms with Crippen molar-refractivity contribution in [2.75, 3.05) is 39.6 Å². The fourth-order valence-corrected chi connectivity index (χ4v) is 2.72. The molecule has 27 heavy (non-hydrogen) atoms. The summed E-state index contributed by atoms with van der Waals surface area (Å²) in [7, 11) is 5.11. The van der Waals surface area contributed by atoms with Gasteiger partial charge in [-0.2, -0.15) is 0 Å². The second-order valence-electron chi connectivity index (χ2n) is 6.54. The van der Waals surface area contributed by atoms with Gasteiger partial charge in [0.2, 0.25) is 11.8 Å². The molecule has 2 amide bonds. The molecule has 144 valence electrons. The largest absolute Gasteiger partial charge is 0.497 e. The number of carbonyl (C=O) groups is 2. The topological polar surface area (TPSA) is 61.9 Å². The van der Waals surface area contributed by atoms with Gasteiger partial charge in [0.1, 0.15) is 5.75 Å². The van der Waals surface area contributed by atoms with Crippen molar-refractivity contribution >= 4 is 17.5 Å². The Morgan fingerprint density at radius 1 is 1.04 bits per heavy atom. The number of amides is 2. The molecule has 0 fully saturated rings.